The molecule has 0 bridgehead atoms. The van der Waals surface area contributed by atoms with Gasteiger partial charge in [-0.15, -0.1) is 0 Å². The van der Waals surface area contributed by atoms with Crippen LogP contribution in [0.2, 0.25) is 0 Å². The molecule has 1 fully saturated rings. The maximum atomic E-state index is 14.2. The first kappa shape index (κ1) is 18.6. The highest BCUT2D eigenvalue weighted by molar-refractivity contribution is 5.83. The number of rotatable bonds is 5. The molecule has 26 heavy (non-hydrogen) atoms. The van der Waals surface area contributed by atoms with E-state index in [0.717, 1.165) is 38.3 Å². The second-order valence-electron chi connectivity index (χ2n) is 7.28. The third-order valence-corrected chi connectivity index (χ3v) is 5.25. The maximum absolute atomic E-state index is 14.2. The zero-order valence-electron chi connectivity index (χ0n) is 15.7. The summed E-state index contributed by atoms with van der Waals surface area (Å²) in [5, 5.41) is 0. The van der Waals surface area contributed by atoms with Gasteiger partial charge >= 0.3 is 0 Å². The smallest absolute Gasteiger partial charge is 0.244 e. The predicted molar refractivity (Wildman–Crippen MR) is 99.1 cm³/mol. The Balaban J connectivity index is 1.65. The lowest BCUT2D eigenvalue weighted by Crippen LogP contribution is -2.45. The molecule has 2 aromatic rings. The number of nitrogens with zero attached hydrogens (tertiary/aromatic N) is 4. The molecule has 1 atom stereocenters. The molecule has 0 spiro atoms. The van der Waals surface area contributed by atoms with Gasteiger partial charge in [-0.05, 0) is 45.8 Å². The standard InChI is InChI=1S/C20H27FN4O/c1-15-22-10-13-25(15)14-16-8-11-24(12-9-16)20(26)19(23(2)3)17-6-4-5-7-18(17)21/h4-7,10,13,16,19H,8-9,11-12,14H2,1-3H3/t19-/m0/s1. The molecule has 1 aliphatic heterocycles. The van der Waals surface area contributed by atoms with E-state index in [4.69, 9.17) is 0 Å². The molecule has 6 heteroatoms. The fraction of sp³-hybridized carbons (Fsp3) is 0.500. The van der Waals surface area contributed by atoms with E-state index in [-0.39, 0.29) is 11.7 Å². The van der Waals surface area contributed by atoms with Crippen molar-refractivity contribution in [2.45, 2.75) is 32.4 Å². The van der Waals surface area contributed by atoms with E-state index in [9.17, 15) is 9.18 Å². The zero-order chi connectivity index (χ0) is 18.7. The first-order valence-electron chi connectivity index (χ1n) is 9.14. The number of hydrogen-bond donors (Lipinski definition) is 0. The molecule has 3 rings (SSSR count). The normalized spacial score (nSPS) is 16.9. The summed E-state index contributed by atoms with van der Waals surface area (Å²) in [6, 6.07) is 5.97. The average Bonchev–Trinajstić information content (AvgIpc) is 3.02. The highest BCUT2D eigenvalue weighted by atomic mass is 19.1. The Hall–Kier alpha value is -2.21. The molecule has 1 amide bonds. The summed E-state index contributed by atoms with van der Waals surface area (Å²) in [5.74, 6) is 1.22. The number of likely N-dealkylation sites (N-methyl/N-ethyl adjacent to an activating group) is 1. The number of piperidine rings is 1. The van der Waals surface area contributed by atoms with E-state index in [2.05, 4.69) is 9.55 Å². The van der Waals surface area contributed by atoms with Crippen LogP contribution in [-0.4, -0.2) is 52.4 Å². The van der Waals surface area contributed by atoms with Gasteiger partial charge in [-0.1, -0.05) is 18.2 Å². The Kier molecular flexibility index (Phi) is 5.71. The molecule has 1 aliphatic rings. The minimum absolute atomic E-state index is 0.0163. The maximum Gasteiger partial charge on any atom is 0.244 e. The van der Waals surface area contributed by atoms with E-state index < -0.39 is 6.04 Å². The van der Waals surface area contributed by atoms with Crippen molar-refractivity contribution < 1.29 is 9.18 Å². The summed E-state index contributed by atoms with van der Waals surface area (Å²) >= 11 is 0. The highest BCUT2D eigenvalue weighted by Crippen LogP contribution is 2.27. The molecule has 0 saturated carbocycles. The quantitative estimate of drug-likeness (QED) is 0.825. The van der Waals surface area contributed by atoms with E-state index in [1.54, 1.807) is 23.1 Å². The number of aromatic nitrogens is 2. The summed E-state index contributed by atoms with van der Waals surface area (Å²) in [5.41, 5.74) is 0.443. The van der Waals surface area contributed by atoms with Gasteiger partial charge < -0.3 is 9.47 Å². The number of amides is 1. The molecule has 2 heterocycles. The summed E-state index contributed by atoms with van der Waals surface area (Å²) in [7, 11) is 3.65. The van der Waals surface area contributed by atoms with Gasteiger partial charge in [0.2, 0.25) is 5.91 Å². The Labute approximate surface area is 154 Å². The minimum atomic E-state index is -0.580. The van der Waals surface area contributed by atoms with Gasteiger partial charge in [0, 0.05) is 37.6 Å². The number of benzene rings is 1. The van der Waals surface area contributed by atoms with Gasteiger partial charge in [0.05, 0.1) is 0 Å². The number of carbonyl (C=O) groups excluding carboxylic acids is 1. The van der Waals surface area contributed by atoms with Crippen LogP contribution in [-0.2, 0) is 11.3 Å². The van der Waals surface area contributed by atoms with Crippen LogP contribution in [0, 0.1) is 18.7 Å². The zero-order valence-corrected chi connectivity index (χ0v) is 15.7. The third kappa shape index (κ3) is 3.96. The first-order valence-corrected chi connectivity index (χ1v) is 9.14. The topological polar surface area (TPSA) is 41.4 Å². The van der Waals surface area contributed by atoms with Crippen molar-refractivity contribution in [2.24, 2.45) is 5.92 Å². The number of halogens is 1. The van der Waals surface area contributed by atoms with Crippen LogP contribution < -0.4 is 0 Å². The van der Waals surface area contributed by atoms with Gasteiger partial charge in [0.25, 0.3) is 0 Å². The van der Waals surface area contributed by atoms with Gasteiger partial charge in [-0.25, -0.2) is 9.37 Å². The lowest BCUT2D eigenvalue weighted by Gasteiger charge is -2.36. The van der Waals surface area contributed by atoms with Gasteiger partial charge in [0.15, 0.2) is 0 Å². The van der Waals surface area contributed by atoms with Crippen LogP contribution in [0.15, 0.2) is 36.7 Å². The molecular weight excluding hydrogens is 331 g/mol. The molecule has 0 unspecified atom stereocenters. The fourth-order valence-corrected chi connectivity index (χ4v) is 3.71. The summed E-state index contributed by atoms with van der Waals surface area (Å²) in [6.45, 7) is 4.39. The van der Waals surface area contributed by atoms with E-state index in [0.29, 0.717) is 11.5 Å². The summed E-state index contributed by atoms with van der Waals surface area (Å²) < 4.78 is 16.4. The van der Waals surface area contributed by atoms with Gasteiger partial charge in [0.1, 0.15) is 17.7 Å². The molecule has 5 nitrogen and oxygen atoms in total. The first-order chi connectivity index (χ1) is 12.5. The molecule has 1 saturated heterocycles. The van der Waals surface area contributed by atoms with Crippen molar-refractivity contribution in [2.75, 3.05) is 27.2 Å². The minimum Gasteiger partial charge on any atom is -0.341 e. The second kappa shape index (κ2) is 7.99. The third-order valence-electron chi connectivity index (χ3n) is 5.25. The van der Waals surface area contributed by atoms with Crippen LogP contribution in [0.3, 0.4) is 0 Å². The van der Waals surface area contributed by atoms with Crippen LogP contribution in [0.1, 0.15) is 30.3 Å². The number of imidazole rings is 1. The van der Waals surface area contributed by atoms with Crippen molar-refractivity contribution in [1.82, 2.24) is 19.4 Å². The number of likely N-dealkylation sites (tertiary alicyclic amines) is 1. The largest absolute Gasteiger partial charge is 0.341 e. The second-order valence-corrected chi connectivity index (χ2v) is 7.28. The molecule has 140 valence electrons. The van der Waals surface area contributed by atoms with Gasteiger partial charge in [-0.3, -0.25) is 9.69 Å². The average molecular weight is 358 g/mol. The Morgan fingerprint density at radius 3 is 2.58 bits per heavy atom. The molecule has 0 N–H and O–H groups in total. The van der Waals surface area contributed by atoms with Crippen LogP contribution in [0.5, 0.6) is 0 Å². The Morgan fingerprint density at radius 1 is 1.31 bits per heavy atom. The summed E-state index contributed by atoms with van der Waals surface area (Å²) in [4.78, 5) is 21.0. The SMILES string of the molecule is Cc1nccn1CC1CCN(C(=O)[C@H](c2ccccc2F)N(C)C)CC1. The molecule has 1 aromatic heterocycles. The van der Waals surface area contributed by atoms with E-state index in [1.807, 2.05) is 38.3 Å². The molecule has 0 radical (unpaired) electrons. The van der Waals surface area contributed by atoms with Crippen molar-refractivity contribution in [1.29, 1.82) is 0 Å². The van der Waals surface area contributed by atoms with Crippen LogP contribution in [0.25, 0.3) is 0 Å². The predicted octanol–water partition coefficient (Wildman–Crippen LogP) is 2.87. The monoisotopic (exact) mass is 358 g/mol. The van der Waals surface area contributed by atoms with Crippen LogP contribution >= 0.6 is 0 Å². The molecular formula is C20H27FN4O. The molecule has 1 aromatic carbocycles. The summed E-state index contributed by atoms with van der Waals surface area (Å²) in [6.07, 6.45) is 5.75. The Bertz CT molecular complexity index is 750. The van der Waals surface area contributed by atoms with Gasteiger partial charge in [-0.2, -0.15) is 0 Å². The van der Waals surface area contributed by atoms with Crippen molar-refractivity contribution in [3.63, 3.8) is 0 Å². The molecule has 0 aliphatic carbocycles. The van der Waals surface area contributed by atoms with Crippen LogP contribution in [0.4, 0.5) is 4.39 Å². The highest BCUT2D eigenvalue weighted by Gasteiger charge is 2.32. The lowest BCUT2D eigenvalue weighted by molar-refractivity contribution is -0.138. The lowest BCUT2D eigenvalue weighted by atomic mass is 9.95. The number of hydrogen-bond acceptors (Lipinski definition) is 3. The Morgan fingerprint density at radius 2 is 2.00 bits per heavy atom. The fourth-order valence-electron chi connectivity index (χ4n) is 3.71. The van der Waals surface area contributed by atoms with E-state index >= 15 is 0 Å². The van der Waals surface area contributed by atoms with Crippen molar-refractivity contribution in [3.05, 3.63) is 53.9 Å². The van der Waals surface area contributed by atoms with Crippen molar-refractivity contribution in [3.8, 4) is 0 Å². The number of carbonyl (C=O) groups is 1. The van der Waals surface area contributed by atoms with Crippen molar-refractivity contribution >= 4 is 5.91 Å². The van der Waals surface area contributed by atoms with E-state index in [1.165, 1.54) is 6.07 Å². The number of aryl methyl sites for hydroxylation is 1.